The third-order valence-corrected chi connectivity index (χ3v) is 4.92. The van der Waals surface area contributed by atoms with E-state index in [0.29, 0.717) is 5.57 Å². The summed E-state index contributed by atoms with van der Waals surface area (Å²) < 4.78 is 4.81. The molecule has 1 fully saturated rings. The molecule has 0 spiro atoms. The summed E-state index contributed by atoms with van der Waals surface area (Å²) in [6.45, 7) is 0.966. The number of hydrogen-bond acceptors (Lipinski definition) is 7. The Kier molecular flexibility index (Phi) is 5.67. The van der Waals surface area contributed by atoms with E-state index in [1.807, 2.05) is 0 Å². The number of amides is 2. The third-order valence-electron chi connectivity index (χ3n) is 3.58. The fourth-order valence-electron chi connectivity index (χ4n) is 2.45. The van der Waals surface area contributed by atoms with Crippen LogP contribution < -0.4 is 5.32 Å². The van der Waals surface area contributed by atoms with Crippen LogP contribution in [0.3, 0.4) is 0 Å². The van der Waals surface area contributed by atoms with Crippen LogP contribution in [0, 0.1) is 0 Å². The first-order valence-corrected chi connectivity index (χ1v) is 8.31. The first-order chi connectivity index (χ1) is 11.7. The predicted molar refractivity (Wildman–Crippen MR) is 83.2 cm³/mol. The van der Waals surface area contributed by atoms with Crippen LogP contribution >= 0.6 is 11.8 Å². The number of ether oxygens (including phenoxy) is 1. The van der Waals surface area contributed by atoms with Gasteiger partial charge in [-0.15, -0.1) is 11.8 Å². The van der Waals surface area contributed by atoms with Gasteiger partial charge in [0, 0.05) is 24.7 Å². The molecule has 10 nitrogen and oxygen atoms in total. The molecule has 2 amide bonds. The van der Waals surface area contributed by atoms with Crippen molar-refractivity contribution in [2.75, 3.05) is 12.4 Å². The fourth-order valence-corrected chi connectivity index (χ4v) is 3.78. The maximum Gasteiger partial charge on any atom is 0.352 e. The van der Waals surface area contributed by atoms with Crippen molar-refractivity contribution in [3.05, 3.63) is 11.3 Å². The molecule has 3 N–H and O–H groups in total. The average Bonchev–Trinajstić information content (AvgIpc) is 2.54. The number of aliphatic carboxylic acids is 2. The zero-order valence-electron chi connectivity index (χ0n) is 13.2. The summed E-state index contributed by atoms with van der Waals surface area (Å²) in [5.74, 6) is -3.98. The number of thioether (sulfide) groups is 1. The van der Waals surface area contributed by atoms with Crippen molar-refractivity contribution < 1.29 is 38.9 Å². The second kappa shape index (κ2) is 7.55. The van der Waals surface area contributed by atoms with Gasteiger partial charge in [0.2, 0.25) is 5.91 Å². The highest BCUT2D eigenvalue weighted by molar-refractivity contribution is 8.00. The number of carbonyl (C=O) groups excluding carboxylic acids is 3. The Labute approximate surface area is 146 Å². The molecule has 2 aliphatic rings. The molecule has 11 heteroatoms. The molecule has 0 bridgehead atoms. The Morgan fingerprint density at radius 2 is 1.96 bits per heavy atom. The third kappa shape index (κ3) is 4.10. The van der Waals surface area contributed by atoms with Gasteiger partial charge < -0.3 is 20.3 Å². The van der Waals surface area contributed by atoms with Crippen LogP contribution in [0.1, 0.15) is 19.8 Å². The molecule has 2 rings (SSSR count). The van der Waals surface area contributed by atoms with Crippen LogP contribution in [0.4, 0.5) is 0 Å². The normalized spacial score (nSPS) is 22.0. The van der Waals surface area contributed by atoms with Gasteiger partial charge in [-0.2, -0.15) is 0 Å². The van der Waals surface area contributed by atoms with E-state index in [1.54, 1.807) is 0 Å². The molecule has 2 heterocycles. The number of carbonyl (C=O) groups is 5. The summed E-state index contributed by atoms with van der Waals surface area (Å²) in [6.07, 6.45) is -0.628. The molecule has 0 unspecified atom stereocenters. The number of esters is 1. The SMILES string of the molecule is CC(=O)OCC1=C(C(=O)O)N2C(=O)[C@@H](NC(=O)CCC(=O)O)[C@@H]2SC1. The molecular formula is C14H16N2O8S. The van der Waals surface area contributed by atoms with Gasteiger partial charge in [-0.05, 0) is 0 Å². The number of nitrogens with one attached hydrogen (secondary N) is 1. The first kappa shape index (κ1) is 18.8. The lowest BCUT2D eigenvalue weighted by Gasteiger charge is -2.49. The lowest BCUT2D eigenvalue weighted by atomic mass is 10.0. The highest BCUT2D eigenvalue weighted by Crippen LogP contribution is 2.40. The summed E-state index contributed by atoms with van der Waals surface area (Å²) in [7, 11) is 0. The quantitative estimate of drug-likeness (QED) is 0.383. The minimum Gasteiger partial charge on any atom is -0.481 e. The van der Waals surface area contributed by atoms with Gasteiger partial charge in [0.1, 0.15) is 23.7 Å². The van der Waals surface area contributed by atoms with Gasteiger partial charge in [0.05, 0.1) is 6.42 Å². The van der Waals surface area contributed by atoms with Gasteiger partial charge in [-0.1, -0.05) is 0 Å². The topological polar surface area (TPSA) is 150 Å². The smallest absolute Gasteiger partial charge is 0.352 e. The number of carboxylic acids is 2. The van der Waals surface area contributed by atoms with Gasteiger partial charge in [-0.25, -0.2) is 4.79 Å². The second-order valence-electron chi connectivity index (χ2n) is 5.39. The van der Waals surface area contributed by atoms with Crippen molar-refractivity contribution >= 4 is 41.5 Å². The lowest BCUT2D eigenvalue weighted by molar-refractivity contribution is -0.151. The Morgan fingerprint density at radius 3 is 2.52 bits per heavy atom. The van der Waals surface area contributed by atoms with Crippen molar-refractivity contribution in [1.82, 2.24) is 10.2 Å². The number of carboxylic acid groups (broad SMARTS) is 2. The molecule has 0 aromatic heterocycles. The van der Waals surface area contributed by atoms with Crippen LogP contribution in [0.5, 0.6) is 0 Å². The van der Waals surface area contributed by atoms with Crippen LogP contribution in [0.25, 0.3) is 0 Å². The fraction of sp³-hybridized carbons (Fsp3) is 0.500. The number of β-lactam (4-membered cyclic amide) rings is 1. The van der Waals surface area contributed by atoms with Crippen molar-refractivity contribution in [3.8, 4) is 0 Å². The molecule has 0 aliphatic carbocycles. The van der Waals surface area contributed by atoms with Crippen molar-refractivity contribution in [1.29, 1.82) is 0 Å². The van der Waals surface area contributed by atoms with Crippen LogP contribution in [-0.4, -0.2) is 68.6 Å². The van der Waals surface area contributed by atoms with Gasteiger partial charge >= 0.3 is 17.9 Å². The standard InChI is InChI=1S/C14H16N2O8S/c1-6(17)24-4-7-5-25-13-10(15-8(18)2-3-9(19)20)12(21)16(13)11(7)14(22)23/h10,13H,2-5H2,1H3,(H,15,18)(H,19,20)(H,22,23)/t10-,13+/m1/s1. The minimum atomic E-state index is -1.32. The average molecular weight is 372 g/mol. The molecular weight excluding hydrogens is 356 g/mol. The summed E-state index contributed by atoms with van der Waals surface area (Å²) in [6, 6.07) is -0.907. The van der Waals surface area contributed by atoms with E-state index >= 15 is 0 Å². The highest BCUT2D eigenvalue weighted by Gasteiger charge is 2.54. The maximum absolute atomic E-state index is 12.2. The van der Waals surface area contributed by atoms with E-state index in [-0.39, 0.29) is 30.9 Å². The summed E-state index contributed by atoms with van der Waals surface area (Å²) in [5.41, 5.74) is 0.0546. The van der Waals surface area contributed by atoms with E-state index < -0.39 is 41.1 Å². The second-order valence-corrected chi connectivity index (χ2v) is 6.49. The monoisotopic (exact) mass is 372 g/mol. The molecule has 2 aliphatic heterocycles. The maximum atomic E-state index is 12.2. The zero-order chi connectivity index (χ0) is 18.7. The van der Waals surface area contributed by atoms with Crippen LogP contribution in [0.15, 0.2) is 11.3 Å². The molecule has 136 valence electrons. The minimum absolute atomic E-state index is 0.226. The lowest BCUT2D eigenvalue weighted by Crippen LogP contribution is -2.70. The molecule has 1 saturated heterocycles. The van der Waals surface area contributed by atoms with Gasteiger partial charge in [-0.3, -0.25) is 24.1 Å². The summed E-state index contributed by atoms with van der Waals surface area (Å²) in [4.78, 5) is 57.8. The molecule has 0 aromatic rings. The van der Waals surface area contributed by atoms with Gasteiger partial charge in [0.15, 0.2) is 0 Å². The Hall–Kier alpha value is -2.56. The van der Waals surface area contributed by atoms with Gasteiger partial charge in [0.25, 0.3) is 5.91 Å². The van der Waals surface area contributed by atoms with Crippen LogP contribution in [0.2, 0.25) is 0 Å². The summed E-state index contributed by atoms with van der Waals surface area (Å²) >= 11 is 1.23. The number of nitrogens with zero attached hydrogens (tertiary/aromatic N) is 1. The Morgan fingerprint density at radius 1 is 1.28 bits per heavy atom. The van der Waals surface area contributed by atoms with Crippen molar-refractivity contribution in [3.63, 3.8) is 0 Å². The molecule has 0 saturated carbocycles. The number of hydrogen-bond donors (Lipinski definition) is 3. The Balaban J connectivity index is 2.08. The predicted octanol–water partition coefficient (Wildman–Crippen LogP) is -0.847. The summed E-state index contributed by atoms with van der Waals surface area (Å²) in [5, 5.41) is 19.8. The molecule has 0 aromatic carbocycles. The van der Waals surface area contributed by atoms with E-state index in [0.717, 1.165) is 4.90 Å². The van der Waals surface area contributed by atoms with Crippen molar-refractivity contribution in [2.45, 2.75) is 31.2 Å². The molecule has 2 atom stereocenters. The van der Waals surface area contributed by atoms with E-state index in [9.17, 15) is 29.1 Å². The zero-order valence-corrected chi connectivity index (χ0v) is 14.0. The molecule has 0 radical (unpaired) electrons. The van der Waals surface area contributed by atoms with E-state index in [1.165, 1.54) is 18.7 Å². The van der Waals surface area contributed by atoms with E-state index in [4.69, 9.17) is 9.84 Å². The largest absolute Gasteiger partial charge is 0.481 e. The highest BCUT2D eigenvalue weighted by atomic mass is 32.2. The first-order valence-electron chi connectivity index (χ1n) is 7.27. The number of fused-ring (bicyclic) bond motifs is 1. The van der Waals surface area contributed by atoms with E-state index in [2.05, 4.69) is 5.32 Å². The number of rotatable bonds is 7. The Bertz CT molecular complexity index is 674. The van der Waals surface area contributed by atoms with Crippen LogP contribution in [-0.2, 0) is 28.7 Å². The van der Waals surface area contributed by atoms with Crippen molar-refractivity contribution in [2.24, 2.45) is 0 Å². The molecule has 25 heavy (non-hydrogen) atoms.